The number of nitrogens with one attached hydrogen (secondary N) is 2. The highest BCUT2D eigenvalue weighted by Crippen LogP contribution is 2.20. The highest BCUT2D eigenvalue weighted by atomic mass is 16.2. The maximum Gasteiger partial charge on any atom is 0.244 e. The molecule has 0 aliphatic rings. The number of nitrogens with zero attached hydrogens (tertiary/aromatic N) is 1. The van der Waals surface area contributed by atoms with Gasteiger partial charge in [-0.3, -0.25) is 9.59 Å². The van der Waals surface area contributed by atoms with Crippen LogP contribution in [-0.4, -0.2) is 16.4 Å². The Bertz CT molecular complexity index is 912. The van der Waals surface area contributed by atoms with Crippen molar-refractivity contribution in [3.8, 4) is 0 Å². The zero-order valence-electron chi connectivity index (χ0n) is 13.7. The molecule has 0 radical (unpaired) electrons. The fourth-order valence-electron chi connectivity index (χ4n) is 2.75. The van der Waals surface area contributed by atoms with Crippen LogP contribution in [0.4, 0.5) is 11.4 Å². The van der Waals surface area contributed by atoms with Gasteiger partial charge >= 0.3 is 0 Å². The fraction of sp³-hybridized carbons (Fsp3) is 0.158. The summed E-state index contributed by atoms with van der Waals surface area (Å²) in [6, 6.07) is 15.2. The molecular formula is C19H19N3O2. The molecule has 0 aliphatic carbocycles. The Kier molecular flexibility index (Phi) is 4.33. The SMILES string of the molecule is CC(=O)Nc1cccc(NC(=O)Cn2ccc3c(C)cccc32)c1. The molecule has 0 fully saturated rings. The van der Waals surface area contributed by atoms with E-state index in [-0.39, 0.29) is 18.4 Å². The zero-order chi connectivity index (χ0) is 17.1. The quantitative estimate of drug-likeness (QED) is 0.772. The number of aryl methyl sites for hydroxylation is 1. The number of rotatable bonds is 4. The Balaban J connectivity index is 1.73. The van der Waals surface area contributed by atoms with E-state index in [1.54, 1.807) is 24.3 Å². The van der Waals surface area contributed by atoms with Gasteiger partial charge in [0, 0.05) is 35.4 Å². The molecular weight excluding hydrogens is 302 g/mol. The smallest absolute Gasteiger partial charge is 0.244 e. The van der Waals surface area contributed by atoms with E-state index < -0.39 is 0 Å². The summed E-state index contributed by atoms with van der Waals surface area (Å²) < 4.78 is 1.93. The first-order valence-corrected chi connectivity index (χ1v) is 7.75. The van der Waals surface area contributed by atoms with Gasteiger partial charge < -0.3 is 15.2 Å². The normalized spacial score (nSPS) is 10.6. The summed E-state index contributed by atoms with van der Waals surface area (Å²) in [6.07, 6.45) is 1.92. The van der Waals surface area contributed by atoms with Gasteiger partial charge in [0.2, 0.25) is 11.8 Å². The molecule has 2 N–H and O–H groups in total. The van der Waals surface area contributed by atoms with Crippen LogP contribution in [0, 0.1) is 6.92 Å². The Morgan fingerprint density at radius 3 is 2.46 bits per heavy atom. The van der Waals surface area contributed by atoms with Crippen LogP contribution in [0.3, 0.4) is 0 Å². The lowest BCUT2D eigenvalue weighted by Gasteiger charge is -2.09. The second-order valence-corrected chi connectivity index (χ2v) is 5.76. The minimum Gasteiger partial charge on any atom is -0.338 e. The Morgan fingerprint density at radius 2 is 1.71 bits per heavy atom. The van der Waals surface area contributed by atoms with Crippen LogP contribution in [0.1, 0.15) is 12.5 Å². The first-order valence-electron chi connectivity index (χ1n) is 7.75. The molecule has 3 aromatic rings. The molecule has 0 saturated carbocycles. The van der Waals surface area contributed by atoms with Gasteiger partial charge in [0.25, 0.3) is 0 Å². The molecule has 1 heterocycles. The predicted octanol–water partition coefficient (Wildman–Crippen LogP) is 3.55. The number of amides is 2. The summed E-state index contributed by atoms with van der Waals surface area (Å²) in [5.74, 6) is -0.262. The molecule has 5 nitrogen and oxygen atoms in total. The molecule has 0 aliphatic heterocycles. The second kappa shape index (κ2) is 6.58. The molecule has 0 saturated heterocycles. The van der Waals surface area contributed by atoms with Crippen LogP contribution in [0.5, 0.6) is 0 Å². The molecule has 0 spiro atoms. The molecule has 0 unspecified atom stereocenters. The van der Waals surface area contributed by atoms with Gasteiger partial charge in [0.1, 0.15) is 6.54 Å². The molecule has 0 bridgehead atoms. The third-order valence-corrected chi connectivity index (χ3v) is 3.81. The molecule has 1 aromatic heterocycles. The summed E-state index contributed by atoms with van der Waals surface area (Å²) in [7, 11) is 0. The van der Waals surface area contributed by atoms with Crippen molar-refractivity contribution in [3.63, 3.8) is 0 Å². The average Bonchev–Trinajstić information content (AvgIpc) is 2.91. The van der Waals surface area contributed by atoms with Crippen molar-refractivity contribution in [2.45, 2.75) is 20.4 Å². The summed E-state index contributed by atoms with van der Waals surface area (Å²) in [6.45, 7) is 3.74. The lowest BCUT2D eigenvalue weighted by Crippen LogP contribution is -2.18. The van der Waals surface area contributed by atoms with Crippen molar-refractivity contribution < 1.29 is 9.59 Å². The van der Waals surface area contributed by atoms with Gasteiger partial charge in [-0.15, -0.1) is 0 Å². The highest BCUT2D eigenvalue weighted by molar-refractivity contribution is 5.94. The van der Waals surface area contributed by atoms with E-state index >= 15 is 0 Å². The third-order valence-electron chi connectivity index (χ3n) is 3.81. The van der Waals surface area contributed by atoms with Crippen molar-refractivity contribution in [1.82, 2.24) is 4.57 Å². The van der Waals surface area contributed by atoms with Gasteiger partial charge in [-0.2, -0.15) is 0 Å². The number of carbonyl (C=O) groups excluding carboxylic acids is 2. The topological polar surface area (TPSA) is 63.1 Å². The summed E-state index contributed by atoms with van der Waals surface area (Å²) >= 11 is 0. The number of benzene rings is 2. The van der Waals surface area contributed by atoms with E-state index in [0.29, 0.717) is 11.4 Å². The Morgan fingerprint density at radius 1 is 1.00 bits per heavy atom. The monoisotopic (exact) mass is 321 g/mol. The summed E-state index contributed by atoms with van der Waals surface area (Å²) in [5, 5.41) is 6.71. The van der Waals surface area contributed by atoms with E-state index in [0.717, 1.165) is 10.9 Å². The van der Waals surface area contributed by atoms with Gasteiger partial charge in [0.15, 0.2) is 0 Å². The Hall–Kier alpha value is -3.08. The van der Waals surface area contributed by atoms with E-state index in [1.807, 2.05) is 29.0 Å². The van der Waals surface area contributed by atoms with Gasteiger partial charge in [-0.1, -0.05) is 18.2 Å². The van der Waals surface area contributed by atoms with Crippen molar-refractivity contribution in [3.05, 3.63) is 60.3 Å². The van der Waals surface area contributed by atoms with E-state index in [9.17, 15) is 9.59 Å². The summed E-state index contributed by atoms with van der Waals surface area (Å²) in [4.78, 5) is 23.4. The van der Waals surface area contributed by atoms with Crippen molar-refractivity contribution in [1.29, 1.82) is 0 Å². The lowest BCUT2D eigenvalue weighted by molar-refractivity contribution is -0.116. The maximum atomic E-state index is 12.3. The highest BCUT2D eigenvalue weighted by Gasteiger charge is 2.08. The molecule has 24 heavy (non-hydrogen) atoms. The fourth-order valence-corrected chi connectivity index (χ4v) is 2.75. The molecule has 5 heteroatoms. The summed E-state index contributed by atoms with van der Waals surface area (Å²) in [5.41, 5.74) is 3.54. The number of aromatic nitrogens is 1. The number of hydrogen-bond donors (Lipinski definition) is 2. The number of fused-ring (bicyclic) bond motifs is 1. The van der Waals surface area contributed by atoms with Crippen LogP contribution < -0.4 is 10.6 Å². The standard InChI is InChI=1S/C19H19N3O2/c1-13-5-3-8-18-17(13)9-10-22(18)12-19(24)21-16-7-4-6-15(11-16)20-14(2)23/h3-11H,12H2,1-2H3,(H,20,23)(H,21,24). The molecule has 2 amide bonds. The van der Waals surface area contributed by atoms with E-state index in [1.165, 1.54) is 12.5 Å². The average molecular weight is 321 g/mol. The number of hydrogen-bond acceptors (Lipinski definition) is 2. The predicted molar refractivity (Wildman–Crippen MR) is 96.1 cm³/mol. The van der Waals surface area contributed by atoms with Crippen molar-refractivity contribution in [2.24, 2.45) is 0 Å². The second-order valence-electron chi connectivity index (χ2n) is 5.76. The molecule has 2 aromatic carbocycles. The number of anilines is 2. The number of carbonyl (C=O) groups is 2. The maximum absolute atomic E-state index is 12.3. The minimum atomic E-state index is -0.146. The Labute approximate surface area is 140 Å². The molecule has 122 valence electrons. The largest absolute Gasteiger partial charge is 0.338 e. The van der Waals surface area contributed by atoms with Crippen LogP contribution in [0.15, 0.2) is 54.7 Å². The van der Waals surface area contributed by atoms with E-state index in [4.69, 9.17) is 0 Å². The van der Waals surface area contributed by atoms with Gasteiger partial charge in [-0.25, -0.2) is 0 Å². The lowest BCUT2D eigenvalue weighted by atomic mass is 10.1. The minimum absolute atomic E-state index is 0.117. The first-order chi connectivity index (χ1) is 11.5. The van der Waals surface area contributed by atoms with Gasteiger partial charge in [0.05, 0.1) is 0 Å². The first kappa shape index (κ1) is 15.8. The zero-order valence-corrected chi connectivity index (χ0v) is 13.7. The van der Waals surface area contributed by atoms with Crippen LogP contribution in [0.2, 0.25) is 0 Å². The van der Waals surface area contributed by atoms with Crippen molar-refractivity contribution >= 4 is 34.1 Å². The van der Waals surface area contributed by atoms with Crippen LogP contribution in [0.25, 0.3) is 10.9 Å². The third kappa shape index (κ3) is 3.46. The van der Waals surface area contributed by atoms with Crippen molar-refractivity contribution in [2.75, 3.05) is 10.6 Å². The van der Waals surface area contributed by atoms with E-state index in [2.05, 4.69) is 23.6 Å². The molecule has 0 atom stereocenters. The van der Waals surface area contributed by atoms with Crippen LogP contribution in [-0.2, 0) is 16.1 Å². The molecule has 3 rings (SSSR count). The van der Waals surface area contributed by atoms with Crippen LogP contribution >= 0.6 is 0 Å². The van der Waals surface area contributed by atoms with Gasteiger partial charge in [-0.05, 0) is 42.8 Å².